The van der Waals surface area contributed by atoms with Gasteiger partial charge in [-0.25, -0.2) is 0 Å². The minimum atomic E-state index is -0.407. The first-order chi connectivity index (χ1) is 9.13. The van der Waals surface area contributed by atoms with E-state index in [0.29, 0.717) is 18.8 Å². The minimum Gasteiger partial charge on any atom is -0.496 e. The zero-order valence-electron chi connectivity index (χ0n) is 11.2. The van der Waals surface area contributed by atoms with E-state index in [1.807, 2.05) is 24.3 Å². The fourth-order valence-corrected chi connectivity index (χ4v) is 2.24. The number of ether oxygens (including phenoxy) is 1. The standard InChI is InChI=1S/C14H18N2O3/c1-10-14(18)15-7-8-16(10)13(17)9-11-5-3-4-6-12(11)19-2/h3-6,10H,7-9H2,1-2H3,(H,15,18). The van der Waals surface area contributed by atoms with Crippen LogP contribution in [-0.2, 0) is 16.0 Å². The van der Waals surface area contributed by atoms with Crippen LogP contribution in [0.3, 0.4) is 0 Å². The summed E-state index contributed by atoms with van der Waals surface area (Å²) in [6.07, 6.45) is 0.252. The number of para-hydroxylation sites is 1. The second-order valence-corrected chi connectivity index (χ2v) is 4.54. The van der Waals surface area contributed by atoms with Crippen molar-refractivity contribution in [3.63, 3.8) is 0 Å². The van der Waals surface area contributed by atoms with E-state index in [2.05, 4.69) is 5.32 Å². The number of nitrogens with zero attached hydrogens (tertiary/aromatic N) is 1. The molecule has 102 valence electrons. The van der Waals surface area contributed by atoms with Crippen molar-refractivity contribution in [3.8, 4) is 5.75 Å². The van der Waals surface area contributed by atoms with Gasteiger partial charge in [0.25, 0.3) is 0 Å². The zero-order valence-corrected chi connectivity index (χ0v) is 11.2. The molecule has 5 heteroatoms. The Labute approximate surface area is 112 Å². The number of hydrogen-bond acceptors (Lipinski definition) is 3. The van der Waals surface area contributed by atoms with E-state index in [4.69, 9.17) is 4.74 Å². The molecule has 1 saturated heterocycles. The maximum atomic E-state index is 12.3. The lowest BCUT2D eigenvalue weighted by Crippen LogP contribution is -2.56. The molecule has 2 rings (SSSR count). The van der Waals surface area contributed by atoms with Crippen LogP contribution < -0.4 is 10.1 Å². The van der Waals surface area contributed by atoms with Crippen molar-refractivity contribution in [1.82, 2.24) is 10.2 Å². The maximum Gasteiger partial charge on any atom is 0.242 e. The highest BCUT2D eigenvalue weighted by Gasteiger charge is 2.29. The van der Waals surface area contributed by atoms with Crippen LogP contribution in [0.15, 0.2) is 24.3 Å². The van der Waals surface area contributed by atoms with Crippen molar-refractivity contribution in [2.45, 2.75) is 19.4 Å². The number of carbonyl (C=O) groups excluding carboxylic acids is 2. The summed E-state index contributed by atoms with van der Waals surface area (Å²) >= 11 is 0. The molecule has 5 nitrogen and oxygen atoms in total. The van der Waals surface area contributed by atoms with E-state index >= 15 is 0 Å². The van der Waals surface area contributed by atoms with Crippen molar-refractivity contribution in [2.24, 2.45) is 0 Å². The lowest BCUT2D eigenvalue weighted by atomic mass is 10.1. The molecular formula is C14H18N2O3. The predicted octanol–water partition coefficient (Wildman–Crippen LogP) is 0.585. The van der Waals surface area contributed by atoms with Crippen LogP contribution in [0, 0.1) is 0 Å². The van der Waals surface area contributed by atoms with Crippen LogP contribution in [0.25, 0.3) is 0 Å². The monoisotopic (exact) mass is 262 g/mol. The van der Waals surface area contributed by atoms with Gasteiger partial charge in [-0.1, -0.05) is 18.2 Å². The number of carbonyl (C=O) groups is 2. The average molecular weight is 262 g/mol. The van der Waals surface area contributed by atoms with Crippen LogP contribution in [-0.4, -0.2) is 43.0 Å². The fraction of sp³-hybridized carbons (Fsp3) is 0.429. The van der Waals surface area contributed by atoms with Gasteiger partial charge in [-0.3, -0.25) is 9.59 Å². The summed E-state index contributed by atoms with van der Waals surface area (Å²) in [7, 11) is 1.58. The molecule has 0 aliphatic carbocycles. The minimum absolute atomic E-state index is 0.0492. The molecule has 0 radical (unpaired) electrons. The van der Waals surface area contributed by atoms with Crippen LogP contribution in [0.1, 0.15) is 12.5 Å². The molecule has 1 aliphatic rings. The Morgan fingerprint density at radius 2 is 2.21 bits per heavy atom. The summed E-state index contributed by atoms with van der Waals surface area (Å²) < 4.78 is 5.23. The molecular weight excluding hydrogens is 244 g/mol. The fourth-order valence-electron chi connectivity index (χ4n) is 2.24. The molecule has 0 bridgehead atoms. The van der Waals surface area contributed by atoms with Gasteiger partial charge in [0.05, 0.1) is 13.5 Å². The van der Waals surface area contributed by atoms with Gasteiger partial charge in [0.1, 0.15) is 11.8 Å². The third-order valence-electron chi connectivity index (χ3n) is 3.35. The normalized spacial score (nSPS) is 18.9. The van der Waals surface area contributed by atoms with Gasteiger partial charge >= 0.3 is 0 Å². The van der Waals surface area contributed by atoms with E-state index in [1.165, 1.54) is 0 Å². The molecule has 1 heterocycles. The first-order valence-electron chi connectivity index (χ1n) is 6.32. The van der Waals surface area contributed by atoms with Gasteiger partial charge in [-0.2, -0.15) is 0 Å². The topological polar surface area (TPSA) is 58.6 Å². The highest BCUT2D eigenvalue weighted by Crippen LogP contribution is 2.19. The first kappa shape index (κ1) is 13.4. The van der Waals surface area contributed by atoms with Crippen molar-refractivity contribution < 1.29 is 14.3 Å². The number of piperazine rings is 1. The molecule has 1 atom stereocenters. The van der Waals surface area contributed by atoms with Gasteiger partial charge in [0.2, 0.25) is 11.8 Å². The van der Waals surface area contributed by atoms with E-state index in [0.717, 1.165) is 5.56 Å². The predicted molar refractivity (Wildman–Crippen MR) is 70.9 cm³/mol. The quantitative estimate of drug-likeness (QED) is 0.867. The molecule has 0 spiro atoms. The lowest BCUT2D eigenvalue weighted by Gasteiger charge is -2.33. The smallest absolute Gasteiger partial charge is 0.242 e. The van der Waals surface area contributed by atoms with Gasteiger partial charge in [-0.15, -0.1) is 0 Å². The van der Waals surface area contributed by atoms with Gasteiger partial charge in [0.15, 0.2) is 0 Å². The molecule has 1 unspecified atom stereocenters. The largest absolute Gasteiger partial charge is 0.496 e. The van der Waals surface area contributed by atoms with E-state index in [1.54, 1.807) is 18.9 Å². The average Bonchev–Trinajstić information content (AvgIpc) is 2.42. The van der Waals surface area contributed by atoms with Crippen molar-refractivity contribution >= 4 is 11.8 Å². The summed E-state index contributed by atoms with van der Waals surface area (Å²) in [5.41, 5.74) is 0.841. The molecule has 1 fully saturated rings. The Morgan fingerprint density at radius 1 is 1.47 bits per heavy atom. The summed E-state index contributed by atoms with van der Waals surface area (Å²) in [6.45, 7) is 2.82. The Balaban J connectivity index is 2.10. The highest BCUT2D eigenvalue weighted by molar-refractivity contribution is 5.89. The molecule has 1 aromatic rings. The maximum absolute atomic E-state index is 12.3. The SMILES string of the molecule is COc1ccccc1CC(=O)N1CCNC(=O)C1C. The number of hydrogen-bond donors (Lipinski definition) is 1. The second kappa shape index (κ2) is 5.73. The molecule has 1 aliphatic heterocycles. The third kappa shape index (κ3) is 2.86. The van der Waals surface area contributed by atoms with Gasteiger partial charge in [0, 0.05) is 18.7 Å². The molecule has 1 aromatic carbocycles. The first-order valence-corrected chi connectivity index (χ1v) is 6.32. The van der Waals surface area contributed by atoms with Gasteiger partial charge in [-0.05, 0) is 13.0 Å². The molecule has 1 N–H and O–H groups in total. The number of amides is 2. The number of rotatable bonds is 3. The van der Waals surface area contributed by atoms with Crippen LogP contribution in [0.2, 0.25) is 0 Å². The van der Waals surface area contributed by atoms with Crippen molar-refractivity contribution in [3.05, 3.63) is 29.8 Å². The Bertz CT molecular complexity index is 487. The van der Waals surface area contributed by atoms with Crippen LogP contribution in [0.5, 0.6) is 5.75 Å². The van der Waals surface area contributed by atoms with E-state index < -0.39 is 6.04 Å². The van der Waals surface area contributed by atoms with Crippen molar-refractivity contribution in [2.75, 3.05) is 20.2 Å². The Hall–Kier alpha value is -2.04. The molecule has 0 saturated carbocycles. The van der Waals surface area contributed by atoms with Gasteiger partial charge < -0.3 is 15.0 Å². The molecule has 2 amide bonds. The summed E-state index contributed by atoms with van der Waals surface area (Å²) in [6, 6.07) is 7.03. The second-order valence-electron chi connectivity index (χ2n) is 4.54. The zero-order chi connectivity index (χ0) is 13.8. The molecule has 0 aromatic heterocycles. The Morgan fingerprint density at radius 3 is 2.95 bits per heavy atom. The number of nitrogens with one attached hydrogen (secondary N) is 1. The van der Waals surface area contributed by atoms with Crippen LogP contribution >= 0.6 is 0 Å². The summed E-state index contributed by atoms with van der Waals surface area (Å²) in [5, 5.41) is 2.75. The van der Waals surface area contributed by atoms with Crippen molar-refractivity contribution in [1.29, 1.82) is 0 Å². The number of methoxy groups -OCH3 is 1. The van der Waals surface area contributed by atoms with E-state index in [9.17, 15) is 9.59 Å². The van der Waals surface area contributed by atoms with Crippen LogP contribution in [0.4, 0.5) is 0 Å². The summed E-state index contributed by atoms with van der Waals surface area (Å²) in [5.74, 6) is 0.552. The summed E-state index contributed by atoms with van der Waals surface area (Å²) in [4.78, 5) is 25.5. The Kier molecular flexibility index (Phi) is 4.04. The third-order valence-corrected chi connectivity index (χ3v) is 3.35. The highest BCUT2D eigenvalue weighted by atomic mass is 16.5. The molecule has 19 heavy (non-hydrogen) atoms. The lowest BCUT2D eigenvalue weighted by molar-refractivity contribution is -0.142. The van der Waals surface area contributed by atoms with E-state index in [-0.39, 0.29) is 18.2 Å². The number of benzene rings is 1.